The van der Waals surface area contributed by atoms with Gasteiger partial charge in [-0.2, -0.15) is 0 Å². The first-order chi connectivity index (χ1) is 20.6. The van der Waals surface area contributed by atoms with Gasteiger partial charge >= 0.3 is 18.9 Å². The van der Waals surface area contributed by atoms with Gasteiger partial charge in [-0.25, -0.2) is 0 Å². The maximum absolute atomic E-state index is 10.2. The molecule has 9 nitrogen and oxygen atoms in total. The van der Waals surface area contributed by atoms with Gasteiger partial charge in [-0.15, -0.1) is 0 Å². The summed E-state index contributed by atoms with van der Waals surface area (Å²) in [6.45, 7) is 4.25. The van der Waals surface area contributed by atoms with Gasteiger partial charge in [-0.3, -0.25) is 0 Å². The number of aliphatic hydroxyl groups excluding tert-OH is 1. The van der Waals surface area contributed by atoms with E-state index in [1.54, 1.807) is 0 Å². The van der Waals surface area contributed by atoms with Gasteiger partial charge in [-0.1, -0.05) is 123 Å². The molecule has 0 fully saturated rings. The van der Waals surface area contributed by atoms with Crippen molar-refractivity contribution >= 4 is 23.9 Å². The number of unbranched alkanes of at least 4 members (excludes halogenated alkanes) is 17. The molecule has 0 saturated carbocycles. The largest absolute Gasteiger partial charge is 1.00 e. The van der Waals surface area contributed by atoms with Crippen LogP contribution in [0.2, 0.25) is 0 Å². The molecule has 0 spiro atoms. The second kappa shape index (κ2) is 41.4. The van der Waals surface area contributed by atoms with Crippen LogP contribution >= 0.6 is 0 Å². The third-order valence-corrected chi connectivity index (χ3v) is 7.06. The zero-order chi connectivity index (χ0) is 33.0. The van der Waals surface area contributed by atoms with Crippen LogP contribution in [0.1, 0.15) is 187 Å². The van der Waals surface area contributed by atoms with E-state index in [1.165, 1.54) is 51.4 Å². The number of hydrogen-bond donors (Lipinski definition) is 1. The van der Waals surface area contributed by atoms with Crippen LogP contribution in [0.3, 0.4) is 0 Å². The normalized spacial score (nSPS) is 10.8. The topological polar surface area (TPSA) is 181 Å². The Bertz CT molecular complexity index is 624. The molecular formula is C34H62LiO9-3. The van der Waals surface area contributed by atoms with Gasteiger partial charge in [0.15, 0.2) is 0 Å². The van der Waals surface area contributed by atoms with Crippen LogP contribution in [0.5, 0.6) is 0 Å². The van der Waals surface area contributed by atoms with Gasteiger partial charge in [0, 0.05) is 23.9 Å². The molecule has 0 saturated heterocycles. The summed E-state index contributed by atoms with van der Waals surface area (Å²) in [5.74, 6) is -3.86. The van der Waals surface area contributed by atoms with Crippen LogP contribution in [0.4, 0.5) is 0 Å². The Morgan fingerprint density at radius 1 is 0.409 bits per heavy atom. The third-order valence-electron chi connectivity index (χ3n) is 7.06. The number of hydrogen-bond acceptors (Lipinski definition) is 9. The number of carbonyl (C=O) groups excluding carboxylic acids is 4. The zero-order valence-electron chi connectivity index (χ0n) is 28.4. The van der Waals surface area contributed by atoms with Crippen LogP contribution < -0.4 is 39.3 Å². The first-order valence-electron chi connectivity index (χ1n) is 17.0. The van der Waals surface area contributed by atoms with Crippen LogP contribution in [0.15, 0.2) is 0 Å². The van der Waals surface area contributed by atoms with Crippen molar-refractivity contribution in [1.82, 2.24) is 0 Å². The van der Waals surface area contributed by atoms with E-state index in [4.69, 9.17) is 0 Å². The average molecular weight is 622 g/mol. The van der Waals surface area contributed by atoms with Gasteiger partial charge in [0.2, 0.25) is 0 Å². The van der Waals surface area contributed by atoms with Gasteiger partial charge in [0.1, 0.15) is 0 Å². The van der Waals surface area contributed by atoms with E-state index in [1.807, 2.05) is 6.92 Å². The quantitative estimate of drug-likeness (QED) is 0.0937. The summed E-state index contributed by atoms with van der Waals surface area (Å²) in [6, 6.07) is 0. The molecule has 10 heteroatoms. The molecule has 256 valence electrons. The summed E-state index contributed by atoms with van der Waals surface area (Å²) in [6.07, 6.45) is 24.2. The molecule has 0 aromatic carbocycles. The molecule has 1 atom stereocenters. The molecule has 0 aliphatic heterocycles. The Kier molecular flexibility index (Phi) is 46.4. The van der Waals surface area contributed by atoms with Gasteiger partial charge in [-0.05, 0) is 64.2 Å². The van der Waals surface area contributed by atoms with Crippen molar-refractivity contribution in [3.8, 4) is 0 Å². The minimum atomic E-state index is -0.998. The SMILES string of the molecule is CCCCCC(=O)[O-].CCCCCCC(O)CCCCCCCCCCC(=O)[O-].O=C([O-])CCCCCCCCC(=O)[O-].[Li+]. The van der Waals surface area contributed by atoms with Gasteiger partial charge < -0.3 is 44.7 Å². The van der Waals surface area contributed by atoms with Crippen molar-refractivity contribution in [3.05, 3.63) is 0 Å². The molecule has 0 heterocycles. The average Bonchev–Trinajstić information content (AvgIpc) is 2.94. The minimum absolute atomic E-state index is 0. The van der Waals surface area contributed by atoms with Crippen molar-refractivity contribution in [3.63, 3.8) is 0 Å². The van der Waals surface area contributed by atoms with Crippen molar-refractivity contribution in [2.24, 2.45) is 0 Å². The number of aliphatic carboxylic acids is 4. The van der Waals surface area contributed by atoms with E-state index in [0.717, 1.165) is 83.5 Å². The molecule has 0 bridgehead atoms. The minimum Gasteiger partial charge on any atom is -0.550 e. The molecule has 1 unspecified atom stereocenters. The van der Waals surface area contributed by atoms with E-state index in [2.05, 4.69) is 6.92 Å². The second-order valence-corrected chi connectivity index (χ2v) is 11.4. The summed E-state index contributed by atoms with van der Waals surface area (Å²) in [5, 5.41) is 49.9. The molecule has 1 N–H and O–H groups in total. The van der Waals surface area contributed by atoms with E-state index in [-0.39, 0.29) is 50.6 Å². The van der Waals surface area contributed by atoms with Crippen LogP contribution in [0.25, 0.3) is 0 Å². The monoisotopic (exact) mass is 621 g/mol. The molecule has 0 rings (SSSR count). The molecule has 0 aromatic rings. The second-order valence-electron chi connectivity index (χ2n) is 11.4. The number of carbonyl (C=O) groups is 4. The Balaban J connectivity index is -0.000000299. The van der Waals surface area contributed by atoms with E-state index in [0.29, 0.717) is 12.8 Å². The Morgan fingerprint density at radius 3 is 0.886 bits per heavy atom. The van der Waals surface area contributed by atoms with Gasteiger partial charge in [0.25, 0.3) is 0 Å². The standard InChI is InChI=1S/C18H36O3.C10H18O4.C6H12O2.Li/c1-2-3-4-11-14-17(19)15-12-9-7-5-6-8-10-13-16-18(20)21;11-9(12)7-5-3-1-2-4-6-8-10(13)14;1-2-3-4-5-6(7)8;/h17,19H,2-16H2,1H3,(H,20,21);1-8H2,(H,11,12)(H,13,14);2-5H2,1H3,(H,7,8);/q;;;+1/p-4. The molecule has 0 aliphatic carbocycles. The first kappa shape index (κ1) is 49.3. The van der Waals surface area contributed by atoms with E-state index in [9.17, 15) is 44.7 Å². The fraction of sp³-hybridized carbons (Fsp3) is 0.882. The number of rotatable bonds is 29. The number of carboxylic acid groups (broad SMARTS) is 4. The summed E-state index contributed by atoms with van der Waals surface area (Å²) in [5.41, 5.74) is 0. The molecular weight excluding hydrogens is 559 g/mol. The summed E-state index contributed by atoms with van der Waals surface area (Å²) >= 11 is 0. The zero-order valence-corrected chi connectivity index (χ0v) is 28.4. The van der Waals surface area contributed by atoms with Crippen molar-refractivity contribution in [2.45, 2.75) is 193 Å². The van der Waals surface area contributed by atoms with Gasteiger partial charge in [0.05, 0.1) is 6.10 Å². The Morgan fingerprint density at radius 2 is 0.614 bits per heavy atom. The third kappa shape index (κ3) is 56.3. The number of carboxylic acids is 4. The molecule has 0 aromatic heterocycles. The fourth-order valence-electron chi connectivity index (χ4n) is 4.43. The smallest absolute Gasteiger partial charge is 0.550 e. The summed E-state index contributed by atoms with van der Waals surface area (Å²) in [4.78, 5) is 40.0. The van der Waals surface area contributed by atoms with E-state index >= 15 is 0 Å². The molecule has 0 amide bonds. The van der Waals surface area contributed by atoms with Crippen molar-refractivity contribution < 1.29 is 63.6 Å². The molecule has 0 aliphatic rings. The Hall–Kier alpha value is -1.56. The summed E-state index contributed by atoms with van der Waals surface area (Å²) in [7, 11) is 0. The predicted octanol–water partition coefficient (Wildman–Crippen LogP) is 0.896. The first-order valence-corrected chi connectivity index (χ1v) is 17.0. The van der Waals surface area contributed by atoms with Crippen LogP contribution in [-0.4, -0.2) is 35.1 Å². The number of aliphatic hydroxyl groups is 1. The van der Waals surface area contributed by atoms with Crippen LogP contribution in [0, 0.1) is 0 Å². The summed E-state index contributed by atoms with van der Waals surface area (Å²) < 4.78 is 0. The van der Waals surface area contributed by atoms with E-state index < -0.39 is 23.9 Å². The maximum atomic E-state index is 10.2. The van der Waals surface area contributed by atoms with Crippen molar-refractivity contribution in [1.29, 1.82) is 0 Å². The molecule has 44 heavy (non-hydrogen) atoms. The Labute approximate surface area is 280 Å². The maximum Gasteiger partial charge on any atom is 1.00 e. The van der Waals surface area contributed by atoms with Crippen molar-refractivity contribution in [2.75, 3.05) is 0 Å². The van der Waals surface area contributed by atoms with Crippen LogP contribution in [-0.2, 0) is 19.2 Å². The predicted molar refractivity (Wildman–Crippen MR) is 162 cm³/mol. The molecule has 0 radical (unpaired) electrons. The fourth-order valence-corrected chi connectivity index (χ4v) is 4.43.